The van der Waals surface area contributed by atoms with Gasteiger partial charge < -0.3 is 9.47 Å². The van der Waals surface area contributed by atoms with E-state index in [0.717, 1.165) is 9.13 Å². The highest BCUT2D eigenvalue weighted by Crippen LogP contribution is 2.42. The number of anilines is 2. The van der Waals surface area contributed by atoms with Gasteiger partial charge in [0.15, 0.2) is 5.82 Å². The molecule has 0 spiro atoms. The van der Waals surface area contributed by atoms with Crippen molar-refractivity contribution in [2.24, 2.45) is 0 Å². The summed E-state index contributed by atoms with van der Waals surface area (Å²) in [5.74, 6) is 1.02. The fraction of sp³-hybridized carbons (Fsp3) is 0.333. The zero-order valence-electron chi connectivity index (χ0n) is 14.4. The molecule has 2 heterocycles. The van der Waals surface area contributed by atoms with Crippen molar-refractivity contribution in [3.05, 3.63) is 44.1 Å². The van der Waals surface area contributed by atoms with Gasteiger partial charge in [-0.25, -0.2) is 14.7 Å². The fourth-order valence-corrected chi connectivity index (χ4v) is 3.16. The number of aryl methyl sites for hydroxylation is 1. The first kappa shape index (κ1) is 18.3. The number of amides is 1. The number of carbonyl (C=O) groups is 1. The molecule has 5 nitrogen and oxygen atoms in total. The van der Waals surface area contributed by atoms with E-state index in [4.69, 9.17) is 21.1 Å². The SMILES string of the molecule is Cc1cnc2c(c1Cl)COc1ccc(I)cc1N2C(=O)OC(C)(C)C. The third kappa shape index (κ3) is 3.69. The number of fused-ring (bicyclic) bond motifs is 2. The van der Waals surface area contributed by atoms with Gasteiger partial charge in [0.1, 0.15) is 18.0 Å². The van der Waals surface area contributed by atoms with Gasteiger partial charge in [-0.3, -0.25) is 0 Å². The van der Waals surface area contributed by atoms with Crippen LogP contribution in [0, 0.1) is 10.5 Å². The van der Waals surface area contributed by atoms with Crippen LogP contribution < -0.4 is 9.64 Å². The normalized spacial score (nSPS) is 13.4. The number of carbonyl (C=O) groups excluding carboxylic acids is 1. The van der Waals surface area contributed by atoms with Crippen LogP contribution in [0.15, 0.2) is 24.4 Å². The van der Waals surface area contributed by atoms with Crippen LogP contribution in [0.4, 0.5) is 16.3 Å². The molecule has 2 aromatic rings. The first-order valence-corrected chi connectivity index (χ1v) is 9.22. The quantitative estimate of drug-likeness (QED) is 0.468. The molecule has 1 aromatic heterocycles. The van der Waals surface area contributed by atoms with E-state index in [-0.39, 0.29) is 6.61 Å². The van der Waals surface area contributed by atoms with Crippen LogP contribution >= 0.6 is 34.2 Å². The monoisotopic (exact) mass is 472 g/mol. The Labute approximate surface area is 165 Å². The number of benzene rings is 1. The molecule has 0 atom stereocenters. The van der Waals surface area contributed by atoms with Gasteiger partial charge in [-0.1, -0.05) is 11.6 Å². The Morgan fingerprint density at radius 3 is 2.80 bits per heavy atom. The summed E-state index contributed by atoms with van der Waals surface area (Å²) in [5, 5.41) is 0.543. The molecule has 0 saturated carbocycles. The van der Waals surface area contributed by atoms with Gasteiger partial charge in [0, 0.05) is 9.77 Å². The second-order valence-electron chi connectivity index (χ2n) is 6.77. The van der Waals surface area contributed by atoms with E-state index in [1.165, 1.54) is 4.90 Å². The largest absolute Gasteiger partial charge is 0.487 e. The Hall–Kier alpha value is -1.54. The molecule has 1 aliphatic heterocycles. The van der Waals surface area contributed by atoms with Crippen LogP contribution in [0.25, 0.3) is 0 Å². The van der Waals surface area contributed by atoms with E-state index in [1.807, 2.05) is 45.9 Å². The lowest BCUT2D eigenvalue weighted by Crippen LogP contribution is -2.34. The van der Waals surface area contributed by atoms with Crippen molar-refractivity contribution in [3.8, 4) is 5.75 Å². The zero-order chi connectivity index (χ0) is 18.4. The lowest BCUT2D eigenvalue weighted by atomic mass is 10.2. The molecule has 0 bridgehead atoms. The van der Waals surface area contributed by atoms with Crippen molar-refractivity contribution >= 4 is 51.8 Å². The first-order valence-electron chi connectivity index (χ1n) is 7.77. The first-order chi connectivity index (χ1) is 11.7. The highest BCUT2D eigenvalue weighted by atomic mass is 127. The highest BCUT2D eigenvalue weighted by Gasteiger charge is 2.33. The van der Waals surface area contributed by atoms with E-state index in [1.54, 1.807) is 6.20 Å². The molecule has 25 heavy (non-hydrogen) atoms. The smallest absolute Gasteiger partial charge is 0.420 e. The molecule has 0 unspecified atom stereocenters. The topological polar surface area (TPSA) is 51.7 Å². The Morgan fingerprint density at radius 2 is 2.12 bits per heavy atom. The third-order valence-corrected chi connectivity index (χ3v) is 4.78. The summed E-state index contributed by atoms with van der Waals surface area (Å²) in [6, 6.07) is 5.62. The number of halogens is 2. The van der Waals surface area contributed by atoms with E-state index in [0.29, 0.717) is 27.8 Å². The van der Waals surface area contributed by atoms with Gasteiger partial charge in [0.25, 0.3) is 0 Å². The van der Waals surface area contributed by atoms with Gasteiger partial charge in [0.05, 0.1) is 16.3 Å². The zero-order valence-corrected chi connectivity index (χ0v) is 17.3. The maximum Gasteiger partial charge on any atom is 0.420 e. The number of pyridine rings is 1. The molecule has 1 amide bonds. The van der Waals surface area contributed by atoms with Crippen LogP contribution in [0.2, 0.25) is 5.02 Å². The van der Waals surface area contributed by atoms with E-state index in [2.05, 4.69) is 27.6 Å². The Morgan fingerprint density at radius 1 is 1.40 bits per heavy atom. The number of aromatic nitrogens is 1. The summed E-state index contributed by atoms with van der Waals surface area (Å²) in [4.78, 5) is 18.9. The summed E-state index contributed by atoms with van der Waals surface area (Å²) in [5.41, 5.74) is 1.45. The number of nitrogens with zero attached hydrogens (tertiary/aromatic N) is 2. The minimum Gasteiger partial charge on any atom is -0.487 e. The molecular weight excluding hydrogens is 455 g/mol. The number of hydrogen-bond donors (Lipinski definition) is 0. The van der Waals surface area contributed by atoms with Crippen LogP contribution in [0.5, 0.6) is 5.75 Å². The fourth-order valence-electron chi connectivity index (χ4n) is 2.49. The van der Waals surface area contributed by atoms with Gasteiger partial charge >= 0.3 is 6.09 Å². The van der Waals surface area contributed by atoms with Crippen molar-refractivity contribution in [3.63, 3.8) is 0 Å². The summed E-state index contributed by atoms with van der Waals surface area (Å²) in [6.45, 7) is 7.58. The molecule has 0 radical (unpaired) electrons. The van der Waals surface area contributed by atoms with Gasteiger partial charge in [-0.2, -0.15) is 0 Å². The Balaban J connectivity index is 2.21. The van der Waals surface area contributed by atoms with Crippen LogP contribution in [-0.2, 0) is 11.3 Å². The van der Waals surface area contributed by atoms with Crippen molar-refractivity contribution in [1.29, 1.82) is 0 Å². The second kappa shape index (κ2) is 6.64. The summed E-state index contributed by atoms with van der Waals surface area (Å²) >= 11 is 8.65. The highest BCUT2D eigenvalue weighted by molar-refractivity contribution is 14.1. The minimum atomic E-state index is -0.638. The Kier molecular flexibility index (Phi) is 4.85. The molecule has 1 aliphatic rings. The van der Waals surface area contributed by atoms with Crippen molar-refractivity contribution in [2.75, 3.05) is 4.90 Å². The summed E-state index contributed by atoms with van der Waals surface area (Å²) < 4.78 is 12.5. The number of ether oxygens (including phenoxy) is 2. The van der Waals surface area contributed by atoms with Crippen LogP contribution in [-0.4, -0.2) is 16.7 Å². The lowest BCUT2D eigenvalue weighted by molar-refractivity contribution is 0.0598. The third-order valence-electron chi connectivity index (χ3n) is 3.58. The summed E-state index contributed by atoms with van der Waals surface area (Å²) in [6.07, 6.45) is 1.13. The van der Waals surface area contributed by atoms with Gasteiger partial charge in [0.2, 0.25) is 0 Å². The molecule has 0 N–H and O–H groups in total. The predicted molar refractivity (Wildman–Crippen MR) is 106 cm³/mol. The molecule has 1 aromatic carbocycles. The molecule has 3 rings (SSSR count). The average Bonchev–Trinajstić information content (AvgIpc) is 2.66. The van der Waals surface area contributed by atoms with Gasteiger partial charge in [-0.05, 0) is 74.0 Å². The van der Waals surface area contributed by atoms with Gasteiger partial charge in [-0.15, -0.1) is 0 Å². The predicted octanol–water partition coefficient (Wildman–Crippen LogP) is 5.61. The number of hydrogen-bond acceptors (Lipinski definition) is 4. The number of rotatable bonds is 0. The molecule has 132 valence electrons. The second-order valence-corrected chi connectivity index (χ2v) is 8.40. The van der Waals surface area contributed by atoms with Crippen molar-refractivity contribution < 1.29 is 14.3 Å². The van der Waals surface area contributed by atoms with Crippen LogP contribution in [0.3, 0.4) is 0 Å². The van der Waals surface area contributed by atoms with Crippen molar-refractivity contribution in [1.82, 2.24) is 4.98 Å². The van der Waals surface area contributed by atoms with E-state index < -0.39 is 11.7 Å². The van der Waals surface area contributed by atoms with E-state index in [9.17, 15) is 4.79 Å². The minimum absolute atomic E-state index is 0.232. The molecule has 7 heteroatoms. The lowest BCUT2D eigenvalue weighted by Gasteiger charge is -2.27. The maximum atomic E-state index is 13.0. The van der Waals surface area contributed by atoms with Crippen LogP contribution in [0.1, 0.15) is 31.9 Å². The van der Waals surface area contributed by atoms with Crippen molar-refractivity contribution in [2.45, 2.75) is 39.9 Å². The molecule has 0 aliphatic carbocycles. The molecule has 0 fully saturated rings. The summed E-state index contributed by atoms with van der Waals surface area (Å²) in [7, 11) is 0. The molecule has 0 saturated heterocycles. The Bertz CT molecular complexity index is 849. The maximum absolute atomic E-state index is 13.0. The molecular formula is C18H18ClIN2O3. The average molecular weight is 473 g/mol. The van der Waals surface area contributed by atoms with E-state index >= 15 is 0 Å². The standard InChI is InChI=1S/C18H18ClIN2O3/c1-10-8-21-16-12(15(10)19)9-24-14-6-5-11(20)7-13(14)22(16)17(23)25-18(2,3)4/h5-8H,9H2,1-4H3.